The lowest BCUT2D eigenvalue weighted by atomic mass is 10.1. The Hall–Kier alpha value is -3.16. The first-order valence-electron chi connectivity index (χ1n) is 8.57. The number of nitrogens with one attached hydrogen (secondary N) is 2. The number of carbonyl (C=O) groups excluding carboxylic acids is 1. The molecule has 1 amide bonds. The molecule has 0 radical (unpaired) electrons. The van der Waals surface area contributed by atoms with Crippen molar-refractivity contribution in [2.24, 2.45) is 0 Å². The summed E-state index contributed by atoms with van der Waals surface area (Å²) < 4.78 is 10.7. The van der Waals surface area contributed by atoms with Crippen molar-refractivity contribution in [3.63, 3.8) is 0 Å². The number of carbonyl (C=O) groups is 1. The van der Waals surface area contributed by atoms with E-state index >= 15 is 0 Å². The first kappa shape index (κ1) is 19.6. The Morgan fingerprint density at radius 3 is 2.54 bits per heavy atom. The fraction of sp³-hybridized carbons (Fsp3) is 0.143. The predicted molar refractivity (Wildman–Crippen MR) is 111 cm³/mol. The molecular formula is C21H20N2O4S. The fourth-order valence-corrected chi connectivity index (χ4v) is 2.80. The molecule has 3 aromatic rings. The third kappa shape index (κ3) is 4.57. The highest BCUT2D eigenvalue weighted by Gasteiger charge is 2.11. The zero-order valence-corrected chi connectivity index (χ0v) is 16.3. The van der Waals surface area contributed by atoms with Crippen molar-refractivity contribution in [1.29, 1.82) is 0 Å². The van der Waals surface area contributed by atoms with Gasteiger partial charge in [0, 0.05) is 16.8 Å². The van der Waals surface area contributed by atoms with Gasteiger partial charge in [0.25, 0.3) is 5.91 Å². The summed E-state index contributed by atoms with van der Waals surface area (Å²) in [5.74, 6) is 1.49. The van der Waals surface area contributed by atoms with Crippen molar-refractivity contribution < 1.29 is 19.1 Å². The van der Waals surface area contributed by atoms with E-state index in [-0.39, 0.29) is 17.6 Å². The molecule has 0 bridgehead atoms. The number of rotatable bonds is 5. The third-order valence-corrected chi connectivity index (χ3v) is 4.37. The normalized spacial score (nSPS) is 10.4. The smallest absolute Gasteiger partial charge is 0.257 e. The van der Waals surface area contributed by atoms with Gasteiger partial charge < -0.3 is 19.6 Å². The second-order valence-corrected chi connectivity index (χ2v) is 6.50. The minimum atomic E-state index is -0.312. The number of hydrogen-bond acceptors (Lipinski definition) is 5. The number of ether oxygens (including phenoxy) is 1. The van der Waals surface area contributed by atoms with Gasteiger partial charge in [-0.2, -0.15) is 0 Å². The van der Waals surface area contributed by atoms with Gasteiger partial charge in [0.15, 0.2) is 5.11 Å². The van der Waals surface area contributed by atoms with E-state index in [0.29, 0.717) is 22.8 Å². The third-order valence-electron chi connectivity index (χ3n) is 4.17. The number of hydrogen-bond donors (Lipinski definition) is 3. The van der Waals surface area contributed by atoms with Crippen LogP contribution in [0.1, 0.15) is 21.7 Å². The van der Waals surface area contributed by atoms with Crippen molar-refractivity contribution in [2.75, 3.05) is 12.4 Å². The molecule has 0 fully saturated rings. The van der Waals surface area contributed by atoms with Crippen LogP contribution in [0, 0.1) is 6.92 Å². The van der Waals surface area contributed by atoms with Crippen LogP contribution in [0.5, 0.6) is 5.75 Å². The standard InChI is InChI=1S/C21H20N2O4S/c1-13-3-4-15(19-10-9-17(12-24)27-19)11-18(13)22-21(28)23-20(25)14-5-7-16(26-2)8-6-14/h3-11,24H,12H2,1-2H3,(H2,22,23,25,28). The van der Waals surface area contributed by atoms with E-state index < -0.39 is 0 Å². The van der Waals surface area contributed by atoms with Gasteiger partial charge in [0.05, 0.1) is 7.11 Å². The van der Waals surface area contributed by atoms with E-state index in [1.54, 1.807) is 43.5 Å². The zero-order chi connectivity index (χ0) is 20.1. The molecule has 1 heterocycles. The van der Waals surface area contributed by atoms with Gasteiger partial charge in [-0.3, -0.25) is 10.1 Å². The lowest BCUT2D eigenvalue weighted by molar-refractivity contribution is 0.0977. The van der Waals surface area contributed by atoms with Crippen molar-refractivity contribution in [1.82, 2.24) is 5.32 Å². The minimum absolute atomic E-state index is 0.154. The second-order valence-electron chi connectivity index (χ2n) is 6.09. The number of thiocarbonyl (C=S) groups is 1. The lowest BCUT2D eigenvalue weighted by Crippen LogP contribution is -2.34. The molecule has 0 aliphatic heterocycles. The zero-order valence-electron chi connectivity index (χ0n) is 15.5. The lowest BCUT2D eigenvalue weighted by Gasteiger charge is -2.13. The Bertz CT molecular complexity index is 996. The average molecular weight is 396 g/mol. The van der Waals surface area contributed by atoms with Gasteiger partial charge in [-0.15, -0.1) is 0 Å². The summed E-state index contributed by atoms with van der Waals surface area (Å²) in [6.45, 7) is 1.78. The van der Waals surface area contributed by atoms with Gasteiger partial charge in [-0.25, -0.2) is 0 Å². The van der Waals surface area contributed by atoms with E-state index in [4.69, 9.17) is 26.5 Å². The molecule has 7 heteroatoms. The van der Waals surface area contributed by atoms with Crippen LogP contribution in [0.25, 0.3) is 11.3 Å². The van der Waals surface area contributed by atoms with Crippen LogP contribution >= 0.6 is 12.2 Å². The maximum atomic E-state index is 12.3. The number of aliphatic hydroxyl groups excluding tert-OH is 1. The van der Waals surface area contributed by atoms with Crippen LogP contribution in [0.4, 0.5) is 5.69 Å². The van der Waals surface area contributed by atoms with Crippen molar-refractivity contribution in [3.8, 4) is 17.1 Å². The van der Waals surface area contributed by atoms with Gasteiger partial charge in [-0.1, -0.05) is 12.1 Å². The molecule has 0 saturated carbocycles. The summed E-state index contributed by atoms with van der Waals surface area (Å²) in [5.41, 5.74) is 3.01. The van der Waals surface area contributed by atoms with Gasteiger partial charge >= 0.3 is 0 Å². The highest BCUT2D eigenvalue weighted by atomic mass is 32.1. The van der Waals surface area contributed by atoms with Gasteiger partial charge in [0.2, 0.25) is 0 Å². The molecule has 28 heavy (non-hydrogen) atoms. The Balaban J connectivity index is 1.70. The first-order valence-corrected chi connectivity index (χ1v) is 8.98. The van der Waals surface area contributed by atoms with Crippen LogP contribution in [0.15, 0.2) is 59.0 Å². The summed E-state index contributed by atoms with van der Waals surface area (Å²) in [5, 5.41) is 15.1. The average Bonchev–Trinajstić information content (AvgIpc) is 3.19. The number of amides is 1. The summed E-state index contributed by atoms with van der Waals surface area (Å²) in [7, 11) is 1.57. The highest BCUT2D eigenvalue weighted by molar-refractivity contribution is 7.80. The maximum absolute atomic E-state index is 12.3. The van der Waals surface area contributed by atoms with E-state index in [2.05, 4.69) is 10.6 Å². The van der Waals surface area contributed by atoms with Crippen LogP contribution in [-0.2, 0) is 6.61 Å². The Morgan fingerprint density at radius 1 is 1.14 bits per heavy atom. The second kappa shape index (κ2) is 8.69. The van der Waals surface area contributed by atoms with Gasteiger partial charge in [-0.05, 0) is 67.2 Å². The van der Waals surface area contributed by atoms with Crippen molar-refractivity contribution in [2.45, 2.75) is 13.5 Å². The molecule has 0 saturated heterocycles. The number of aryl methyl sites for hydroxylation is 1. The monoisotopic (exact) mass is 396 g/mol. The maximum Gasteiger partial charge on any atom is 0.257 e. The highest BCUT2D eigenvalue weighted by Crippen LogP contribution is 2.27. The summed E-state index contributed by atoms with van der Waals surface area (Å²) in [6, 6.07) is 16.0. The molecular weight excluding hydrogens is 376 g/mol. The topological polar surface area (TPSA) is 83.7 Å². The van der Waals surface area contributed by atoms with Crippen LogP contribution in [0.2, 0.25) is 0 Å². The summed E-state index contributed by atoms with van der Waals surface area (Å²) in [6.07, 6.45) is 0. The molecule has 0 aliphatic rings. The quantitative estimate of drug-likeness (QED) is 0.568. The molecule has 144 valence electrons. The van der Waals surface area contributed by atoms with E-state index in [1.807, 2.05) is 25.1 Å². The molecule has 0 spiro atoms. The predicted octanol–water partition coefficient (Wildman–Crippen LogP) is 3.88. The Morgan fingerprint density at radius 2 is 1.89 bits per heavy atom. The number of benzene rings is 2. The summed E-state index contributed by atoms with van der Waals surface area (Å²) in [4.78, 5) is 12.3. The van der Waals surface area contributed by atoms with Crippen molar-refractivity contribution in [3.05, 3.63) is 71.5 Å². The van der Waals surface area contributed by atoms with Crippen LogP contribution in [0.3, 0.4) is 0 Å². The molecule has 3 N–H and O–H groups in total. The van der Waals surface area contributed by atoms with E-state index in [0.717, 1.165) is 16.8 Å². The molecule has 1 aromatic heterocycles. The van der Waals surface area contributed by atoms with Gasteiger partial charge in [0.1, 0.15) is 23.9 Å². The number of methoxy groups -OCH3 is 1. The molecule has 0 unspecified atom stereocenters. The number of furan rings is 1. The molecule has 6 nitrogen and oxygen atoms in total. The number of anilines is 1. The van der Waals surface area contributed by atoms with Crippen molar-refractivity contribution >= 4 is 28.9 Å². The molecule has 0 aliphatic carbocycles. The largest absolute Gasteiger partial charge is 0.497 e. The Kier molecular flexibility index (Phi) is 6.08. The molecule has 0 atom stereocenters. The SMILES string of the molecule is COc1ccc(C(=O)NC(=S)Nc2cc(-c3ccc(CO)o3)ccc2C)cc1. The van der Waals surface area contributed by atoms with Crippen LogP contribution < -0.4 is 15.4 Å². The minimum Gasteiger partial charge on any atom is -0.497 e. The van der Waals surface area contributed by atoms with E-state index in [9.17, 15) is 4.79 Å². The first-order chi connectivity index (χ1) is 13.5. The van der Waals surface area contributed by atoms with E-state index in [1.165, 1.54) is 0 Å². The fourth-order valence-electron chi connectivity index (χ4n) is 2.60. The molecule has 3 rings (SSSR count). The molecule has 2 aromatic carbocycles. The summed E-state index contributed by atoms with van der Waals surface area (Å²) >= 11 is 5.28. The Labute approximate surface area is 168 Å². The number of aliphatic hydroxyl groups is 1. The van der Waals surface area contributed by atoms with Crippen LogP contribution in [-0.4, -0.2) is 23.2 Å².